The molecule has 2 aromatic rings. The summed E-state index contributed by atoms with van der Waals surface area (Å²) in [6.45, 7) is 4.41. The summed E-state index contributed by atoms with van der Waals surface area (Å²) in [5.41, 5.74) is 2.70. The van der Waals surface area contributed by atoms with Gasteiger partial charge in [0.15, 0.2) is 4.77 Å². The molecule has 0 aliphatic heterocycles. The lowest BCUT2D eigenvalue weighted by Gasteiger charge is -2.12. The van der Waals surface area contributed by atoms with Crippen LogP contribution in [0.4, 0.5) is 0 Å². The van der Waals surface area contributed by atoms with E-state index in [9.17, 15) is 4.79 Å². The number of aromatic nitrogens is 2. The first-order chi connectivity index (χ1) is 8.09. The zero-order valence-corrected chi connectivity index (χ0v) is 10.7. The standard InChI is InChI=1S/C13H14N2OS/c1-9-10(2)15(13(17)14-12(9)16)8-11-6-4-3-5-7-11/h3-7H,8H2,1-2H3,(H,14,16,17). The first-order valence-electron chi connectivity index (χ1n) is 5.44. The third-order valence-electron chi connectivity index (χ3n) is 2.94. The monoisotopic (exact) mass is 246 g/mol. The Labute approximate surface area is 105 Å². The summed E-state index contributed by atoms with van der Waals surface area (Å²) in [5.74, 6) is 0. The van der Waals surface area contributed by atoms with Crippen LogP contribution in [-0.2, 0) is 6.54 Å². The number of hydrogen-bond acceptors (Lipinski definition) is 2. The molecule has 0 fully saturated rings. The molecule has 0 spiro atoms. The first kappa shape index (κ1) is 11.8. The van der Waals surface area contributed by atoms with Crippen LogP contribution in [0.5, 0.6) is 0 Å². The number of aromatic amines is 1. The summed E-state index contributed by atoms with van der Waals surface area (Å²) < 4.78 is 2.42. The molecule has 17 heavy (non-hydrogen) atoms. The molecule has 0 bridgehead atoms. The van der Waals surface area contributed by atoms with Crippen LogP contribution >= 0.6 is 12.2 Å². The van der Waals surface area contributed by atoms with Crippen molar-refractivity contribution >= 4 is 12.2 Å². The highest BCUT2D eigenvalue weighted by molar-refractivity contribution is 7.71. The molecule has 1 heterocycles. The van der Waals surface area contributed by atoms with Crippen molar-refractivity contribution in [3.05, 3.63) is 62.3 Å². The van der Waals surface area contributed by atoms with Crippen LogP contribution in [0.1, 0.15) is 16.8 Å². The van der Waals surface area contributed by atoms with E-state index in [0.29, 0.717) is 11.3 Å². The Morgan fingerprint density at radius 1 is 1.24 bits per heavy atom. The average molecular weight is 246 g/mol. The van der Waals surface area contributed by atoms with E-state index in [1.54, 1.807) is 0 Å². The van der Waals surface area contributed by atoms with Crippen molar-refractivity contribution in [2.75, 3.05) is 0 Å². The predicted molar refractivity (Wildman–Crippen MR) is 70.9 cm³/mol. The topological polar surface area (TPSA) is 37.8 Å². The van der Waals surface area contributed by atoms with Gasteiger partial charge in [-0.3, -0.25) is 9.78 Å². The van der Waals surface area contributed by atoms with Crippen molar-refractivity contribution < 1.29 is 0 Å². The van der Waals surface area contributed by atoms with Gasteiger partial charge in [0, 0.05) is 17.8 Å². The molecule has 0 saturated carbocycles. The number of hydrogen-bond donors (Lipinski definition) is 1. The summed E-state index contributed by atoms with van der Waals surface area (Å²) in [6.07, 6.45) is 0. The molecule has 0 radical (unpaired) electrons. The maximum Gasteiger partial charge on any atom is 0.254 e. The molecule has 0 aliphatic carbocycles. The van der Waals surface area contributed by atoms with E-state index in [0.717, 1.165) is 16.8 Å². The van der Waals surface area contributed by atoms with Gasteiger partial charge in [-0.2, -0.15) is 0 Å². The maximum absolute atomic E-state index is 11.5. The van der Waals surface area contributed by atoms with Gasteiger partial charge in [0.2, 0.25) is 0 Å². The van der Waals surface area contributed by atoms with Gasteiger partial charge in [0.05, 0.1) is 0 Å². The molecule has 1 aromatic carbocycles. The molecule has 2 rings (SSSR count). The Bertz CT molecular complexity index is 641. The Morgan fingerprint density at radius 3 is 2.53 bits per heavy atom. The summed E-state index contributed by atoms with van der Waals surface area (Å²) in [6, 6.07) is 10.1. The maximum atomic E-state index is 11.5. The van der Waals surface area contributed by atoms with Gasteiger partial charge in [-0.25, -0.2) is 0 Å². The second-order valence-corrected chi connectivity index (χ2v) is 4.43. The van der Waals surface area contributed by atoms with Crippen LogP contribution < -0.4 is 5.56 Å². The van der Waals surface area contributed by atoms with Crippen molar-refractivity contribution in [3.63, 3.8) is 0 Å². The fourth-order valence-electron chi connectivity index (χ4n) is 1.73. The molecule has 0 saturated heterocycles. The lowest BCUT2D eigenvalue weighted by atomic mass is 10.2. The minimum atomic E-state index is -0.100. The highest BCUT2D eigenvalue weighted by Crippen LogP contribution is 2.07. The highest BCUT2D eigenvalue weighted by Gasteiger charge is 2.05. The molecule has 0 unspecified atom stereocenters. The fourth-order valence-corrected chi connectivity index (χ4v) is 2.03. The van der Waals surface area contributed by atoms with Crippen LogP contribution in [-0.4, -0.2) is 9.55 Å². The van der Waals surface area contributed by atoms with Crippen LogP contribution in [0, 0.1) is 18.6 Å². The fraction of sp³-hybridized carbons (Fsp3) is 0.231. The van der Waals surface area contributed by atoms with E-state index in [2.05, 4.69) is 4.98 Å². The second-order valence-electron chi connectivity index (χ2n) is 4.04. The third kappa shape index (κ3) is 2.36. The zero-order valence-electron chi connectivity index (χ0n) is 9.86. The van der Waals surface area contributed by atoms with Crippen molar-refractivity contribution in [3.8, 4) is 0 Å². The normalized spacial score (nSPS) is 10.5. The largest absolute Gasteiger partial charge is 0.318 e. The lowest BCUT2D eigenvalue weighted by molar-refractivity contribution is 0.708. The minimum Gasteiger partial charge on any atom is -0.318 e. The number of H-pyrrole nitrogens is 1. The van der Waals surface area contributed by atoms with Gasteiger partial charge in [-0.15, -0.1) is 0 Å². The molecule has 4 heteroatoms. The van der Waals surface area contributed by atoms with Gasteiger partial charge >= 0.3 is 0 Å². The Hall–Kier alpha value is -1.68. The minimum absolute atomic E-state index is 0.100. The van der Waals surface area contributed by atoms with Crippen LogP contribution in [0.25, 0.3) is 0 Å². The summed E-state index contributed by atoms with van der Waals surface area (Å²) in [4.78, 5) is 14.2. The van der Waals surface area contributed by atoms with Crippen molar-refractivity contribution in [1.29, 1.82) is 0 Å². The number of rotatable bonds is 2. The van der Waals surface area contributed by atoms with E-state index < -0.39 is 0 Å². The van der Waals surface area contributed by atoms with Gasteiger partial charge in [-0.05, 0) is 31.6 Å². The highest BCUT2D eigenvalue weighted by atomic mass is 32.1. The Kier molecular flexibility index (Phi) is 3.24. The Balaban J connectivity index is 2.51. The van der Waals surface area contributed by atoms with E-state index in [1.807, 2.05) is 48.7 Å². The first-order valence-corrected chi connectivity index (χ1v) is 5.84. The van der Waals surface area contributed by atoms with Crippen molar-refractivity contribution in [2.24, 2.45) is 0 Å². The van der Waals surface area contributed by atoms with E-state index in [1.165, 1.54) is 0 Å². The molecule has 0 atom stereocenters. The van der Waals surface area contributed by atoms with E-state index in [4.69, 9.17) is 12.2 Å². The van der Waals surface area contributed by atoms with Crippen LogP contribution in [0.3, 0.4) is 0 Å². The molecule has 0 aliphatic rings. The van der Waals surface area contributed by atoms with Crippen molar-refractivity contribution in [2.45, 2.75) is 20.4 Å². The van der Waals surface area contributed by atoms with Crippen LogP contribution in [0.15, 0.2) is 35.1 Å². The molecule has 3 nitrogen and oxygen atoms in total. The van der Waals surface area contributed by atoms with Crippen molar-refractivity contribution in [1.82, 2.24) is 9.55 Å². The number of nitrogens with zero attached hydrogens (tertiary/aromatic N) is 1. The molecular weight excluding hydrogens is 232 g/mol. The van der Waals surface area contributed by atoms with Gasteiger partial charge < -0.3 is 4.57 Å². The van der Waals surface area contributed by atoms with Gasteiger partial charge in [0.1, 0.15) is 0 Å². The molecule has 88 valence electrons. The second kappa shape index (κ2) is 4.67. The smallest absolute Gasteiger partial charge is 0.254 e. The zero-order chi connectivity index (χ0) is 12.4. The van der Waals surface area contributed by atoms with Gasteiger partial charge in [0.25, 0.3) is 5.56 Å². The quantitative estimate of drug-likeness (QED) is 0.827. The number of benzene rings is 1. The van der Waals surface area contributed by atoms with Gasteiger partial charge in [-0.1, -0.05) is 30.3 Å². The third-order valence-corrected chi connectivity index (χ3v) is 3.26. The SMILES string of the molecule is Cc1c(C)n(Cc2ccccc2)c(=S)[nH]c1=O. The van der Waals surface area contributed by atoms with E-state index in [-0.39, 0.29) is 5.56 Å². The average Bonchev–Trinajstić information content (AvgIpc) is 2.33. The summed E-state index contributed by atoms with van der Waals surface area (Å²) >= 11 is 5.19. The lowest BCUT2D eigenvalue weighted by Crippen LogP contribution is -2.19. The van der Waals surface area contributed by atoms with Crippen LogP contribution in [0.2, 0.25) is 0 Å². The molecule has 0 amide bonds. The number of nitrogens with one attached hydrogen (secondary N) is 1. The molecule has 1 aromatic heterocycles. The predicted octanol–water partition coefficient (Wildman–Crippen LogP) is 2.57. The Morgan fingerprint density at radius 2 is 1.88 bits per heavy atom. The van der Waals surface area contributed by atoms with E-state index >= 15 is 0 Å². The molecule has 1 N–H and O–H groups in total. The summed E-state index contributed by atoms with van der Waals surface area (Å²) in [7, 11) is 0. The molecular formula is C13H14N2OS. The summed E-state index contributed by atoms with van der Waals surface area (Å²) in [5, 5.41) is 0.